The van der Waals surface area contributed by atoms with Gasteiger partial charge in [0.2, 0.25) is 11.9 Å². The lowest BCUT2D eigenvalue weighted by Gasteiger charge is -2.20. The van der Waals surface area contributed by atoms with Crippen molar-refractivity contribution in [1.29, 1.82) is 0 Å². The molecule has 0 fully saturated rings. The van der Waals surface area contributed by atoms with Crippen molar-refractivity contribution in [2.75, 3.05) is 23.9 Å². The number of nitrogen functional groups attached to an aromatic ring is 1. The summed E-state index contributed by atoms with van der Waals surface area (Å²) in [7, 11) is 0. The number of aliphatic hydroxyl groups excluding tert-OH is 1. The number of hydrogen-bond acceptors (Lipinski definition) is 10. The number of nitrogens with two attached hydrogens (primary N) is 1. The summed E-state index contributed by atoms with van der Waals surface area (Å²) in [4.78, 5) is 15.9. The van der Waals surface area contributed by atoms with Crippen LogP contribution in [0.3, 0.4) is 0 Å². The van der Waals surface area contributed by atoms with E-state index >= 15 is 0 Å². The van der Waals surface area contributed by atoms with Crippen LogP contribution < -0.4 is 16.6 Å². The molecule has 108 valence electrons. The van der Waals surface area contributed by atoms with Gasteiger partial charge in [0.05, 0.1) is 6.61 Å². The number of nitrogens with zero attached hydrogens (tertiary/aromatic N) is 6. The molecule has 2 aromatic heterocycles. The summed E-state index contributed by atoms with van der Waals surface area (Å²) < 4.78 is 1.33. The average molecular weight is 281 g/mol. The number of aromatic nitrogens is 6. The molecular weight excluding hydrogens is 266 g/mol. The summed E-state index contributed by atoms with van der Waals surface area (Å²) >= 11 is 0. The smallest absolute Gasteiger partial charge is 0.258 e. The molecule has 0 bridgehead atoms. The zero-order valence-electron chi connectivity index (χ0n) is 10.7. The molecule has 2 aromatic rings. The van der Waals surface area contributed by atoms with Gasteiger partial charge in [-0.05, 0) is 6.92 Å². The van der Waals surface area contributed by atoms with Crippen LogP contribution in [0.25, 0.3) is 5.95 Å². The third kappa shape index (κ3) is 3.34. The molecule has 0 saturated carbocycles. The van der Waals surface area contributed by atoms with Gasteiger partial charge in [-0.3, -0.25) is 5.43 Å². The van der Waals surface area contributed by atoms with Gasteiger partial charge in [0.15, 0.2) is 0 Å². The van der Waals surface area contributed by atoms with Gasteiger partial charge in [-0.1, -0.05) is 0 Å². The monoisotopic (exact) mass is 281 g/mol. The summed E-state index contributed by atoms with van der Waals surface area (Å²) in [5, 5.41) is 25.4. The second kappa shape index (κ2) is 5.73. The van der Waals surface area contributed by atoms with E-state index in [2.05, 4.69) is 35.8 Å². The molecule has 0 saturated heterocycles. The molecule has 0 aliphatic heterocycles. The Labute approximate surface area is 113 Å². The number of hydrazine groups is 1. The van der Waals surface area contributed by atoms with Crippen LogP contribution in [0.4, 0.5) is 11.9 Å². The molecule has 0 aromatic carbocycles. The van der Waals surface area contributed by atoms with Gasteiger partial charge < -0.3 is 15.5 Å². The SMILES string of the molecule is CC(O)(CO)CNc1nc(NN)nc(-n2cncn2)n1. The van der Waals surface area contributed by atoms with Crippen LogP contribution in [0.15, 0.2) is 12.7 Å². The van der Waals surface area contributed by atoms with Crippen LogP contribution >= 0.6 is 0 Å². The molecule has 0 radical (unpaired) electrons. The van der Waals surface area contributed by atoms with Gasteiger partial charge in [0.1, 0.15) is 18.3 Å². The summed E-state index contributed by atoms with van der Waals surface area (Å²) in [5.74, 6) is 5.78. The van der Waals surface area contributed by atoms with Gasteiger partial charge in [0.25, 0.3) is 5.95 Å². The summed E-state index contributed by atoms with van der Waals surface area (Å²) in [6.45, 7) is 1.12. The van der Waals surface area contributed by atoms with Crippen molar-refractivity contribution in [3.8, 4) is 5.95 Å². The number of anilines is 2. The first kappa shape index (κ1) is 14.0. The Morgan fingerprint density at radius 2 is 2.10 bits per heavy atom. The fourth-order valence-corrected chi connectivity index (χ4v) is 1.25. The van der Waals surface area contributed by atoms with Crippen molar-refractivity contribution in [2.24, 2.45) is 5.84 Å². The summed E-state index contributed by atoms with van der Waals surface area (Å²) in [6.07, 6.45) is 2.76. The topological polar surface area (TPSA) is 160 Å². The van der Waals surface area contributed by atoms with Gasteiger partial charge in [-0.25, -0.2) is 10.8 Å². The molecule has 0 amide bonds. The lowest BCUT2D eigenvalue weighted by atomic mass is 10.1. The van der Waals surface area contributed by atoms with E-state index in [0.29, 0.717) is 0 Å². The van der Waals surface area contributed by atoms with E-state index in [-0.39, 0.29) is 24.4 Å². The first-order valence-electron chi connectivity index (χ1n) is 5.69. The lowest BCUT2D eigenvalue weighted by Crippen LogP contribution is -2.37. The van der Waals surface area contributed by atoms with Crippen LogP contribution in [-0.4, -0.2) is 58.7 Å². The van der Waals surface area contributed by atoms with E-state index in [1.807, 2.05) is 0 Å². The zero-order chi connectivity index (χ0) is 14.6. The molecule has 11 heteroatoms. The highest BCUT2D eigenvalue weighted by Crippen LogP contribution is 2.09. The zero-order valence-corrected chi connectivity index (χ0v) is 10.7. The normalized spacial score (nSPS) is 13.8. The molecule has 1 unspecified atom stereocenters. The maximum Gasteiger partial charge on any atom is 0.258 e. The first-order chi connectivity index (χ1) is 9.54. The minimum atomic E-state index is -1.30. The Kier molecular flexibility index (Phi) is 4.02. The summed E-state index contributed by atoms with van der Waals surface area (Å²) in [5.41, 5.74) is 1.01. The number of aliphatic hydroxyl groups is 2. The Balaban J connectivity index is 2.23. The van der Waals surface area contributed by atoms with Crippen molar-refractivity contribution in [3.63, 3.8) is 0 Å². The first-order valence-corrected chi connectivity index (χ1v) is 5.69. The Morgan fingerprint density at radius 1 is 1.35 bits per heavy atom. The van der Waals surface area contributed by atoms with E-state index in [0.717, 1.165) is 0 Å². The molecule has 20 heavy (non-hydrogen) atoms. The molecule has 1 atom stereocenters. The second-order valence-electron chi connectivity index (χ2n) is 4.28. The molecule has 0 aliphatic carbocycles. The van der Waals surface area contributed by atoms with Crippen molar-refractivity contribution >= 4 is 11.9 Å². The van der Waals surface area contributed by atoms with Crippen LogP contribution in [0, 0.1) is 0 Å². The Morgan fingerprint density at radius 3 is 2.70 bits per heavy atom. The van der Waals surface area contributed by atoms with E-state index in [4.69, 9.17) is 10.9 Å². The van der Waals surface area contributed by atoms with Crippen LogP contribution in [0.1, 0.15) is 6.92 Å². The quantitative estimate of drug-likeness (QED) is 0.293. The predicted octanol–water partition coefficient (Wildman–Crippen LogP) is -2.11. The Hall–Kier alpha value is -2.37. The molecule has 11 nitrogen and oxygen atoms in total. The lowest BCUT2D eigenvalue weighted by molar-refractivity contribution is 0.0131. The molecule has 0 spiro atoms. The van der Waals surface area contributed by atoms with Gasteiger partial charge >= 0.3 is 0 Å². The van der Waals surface area contributed by atoms with Crippen molar-refractivity contribution in [1.82, 2.24) is 29.7 Å². The standard InChI is InChI=1S/C9H15N9O2/c1-9(20,3-19)2-12-6-14-7(17-10)16-8(15-6)18-5-11-4-13-18/h4-5,19-20H,2-3,10H2,1H3,(H2,12,14,15,16,17). The highest BCUT2D eigenvalue weighted by molar-refractivity contribution is 5.37. The highest BCUT2D eigenvalue weighted by Gasteiger charge is 2.19. The van der Waals surface area contributed by atoms with Crippen LogP contribution in [-0.2, 0) is 0 Å². The third-order valence-electron chi connectivity index (χ3n) is 2.34. The maximum atomic E-state index is 9.71. The second-order valence-corrected chi connectivity index (χ2v) is 4.28. The predicted molar refractivity (Wildman–Crippen MR) is 68.8 cm³/mol. The van der Waals surface area contributed by atoms with Crippen molar-refractivity contribution in [2.45, 2.75) is 12.5 Å². The van der Waals surface area contributed by atoms with Crippen LogP contribution in [0.5, 0.6) is 0 Å². The van der Waals surface area contributed by atoms with Gasteiger partial charge in [-0.2, -0.15) is 24.7 Å². The molecule has 2 rings (SSSR count). The van der Waals surface area contributed by atoms with E-state index < -0.39 is 12.2 Å². The molecule has 2 heterocycles. The van der Waals surface area contributed by atoms with Gasteiger partial charge in [0, 0.05) is 6.54 Å². The minimum absolute atomic E-state index is 0.0499. The highest BCUT2D eigenvalue weighted by atomic mass is 16.3. The largest absolute Gasteiger partial charge is 0.393 e. The number of hydrogen-bond donors (Lipinski definition) is 5. The average Bonchev–Trinajstić information content (AvgIpc) is 2.99. The van der Waals surface area contributed by atoms with Crippen molar-refractivity contribution in [3.05, 3.63) is 12.7 Å². The van der Waals surface area contributed by atoms with Crippen LogP contribution in [0.2, 0.25) is 0 Å². The van der Waals surface area contributed by atoms with Gasteiger partial charge in [-0.15, -0.1) is 0 Å². The van der Waals surface area contributed by atoms with Crippen molar-refractivity contribution < 1.29 is 10.2 Å². The minimum Gasteiger partial charge on any atom is -0.393 e. The fraction of sp³-hybridized carbons (Fsp3) is 0.444. The van der Waals surface area contributed by atoms with E-state index in [1.54, 1.807) is 0 Å². The summed E-state index contributed by atoms with van der Waals surface area (Å²) in [6, 6.07) is 0. The number of rotatable bonds is 6. The molecular formula is C9H15N9O2. The Bertz CT molecular complexity index is 557. The maximum absolute atomic E-state index is 9.71. The number of nitrogens with one attached hydrogen (secondary N) is 2. The van der Waals surface area contributed by atoms with E-state index in [1.165, 1.54) is 24.3 Å². The van der Waals surface area contributed by atoms with E-state index in [9.17, 15) is 5.11 Å². The fourth-order valence-electron chi connectivity index (χ4n) is 1.25. The molecule has 6 N–H and O–H groups in total. The molecule has 0 aliphatic rings. The third-order valence-corrected chi connectivity index (χ3v) is 2.34.